The van der Waals surface area contributed by atoms with Gasteiger partial charge in [-0.2, -0.15) is 4.99 Å². The largest absolute Gasteiger partial charge is 0.362 e. The Balaban J connectivity index is 1.82. The fourth-order valence-electron chi connectivity index (χ4n) is 1.32. The van der Waals surface area contributed by atoms with Crippen LogP contribution in [0, 0.1) is 6.08 Å². The highest BCUT2D eigenvalue weighted by Gasteiger charge is 1.96. The van der Waals surface area contributed by atoms with E-state index in [9.17, 15) is 0 Å². The predicted octanol–water partition coefficient (Wildman–Crippen LogP) is 3.50. The number of aliphatic imine (C=N–C) groups is 1. The normalized spacial score (nSPS) is 14.0. The maximum absolute atomic E-state index is 4.25. The molecule has 2 heteroatoms. The lowest BCUT2D eigenvalue weighted by Crippen LogP contribution is -1.86. The topological polar surface area (TPSA) is 24.4 Å². The van der Waals surface area contributed by atoms with E-state index in [2.05, 4.69) is 16.4 Å². The number of nitrogens with one attached hydrogen (secondary N) is 1. The second kappa shape index (κ2) is 6.21. The first-order chi connectivity index (χ1) is 8.45. The number of para-hydroxylation sites is 1. The summed E-state index contributed by atoms with van der Waals surface area (Å²) in [5.41, 5.74) is 1.96. The van der Waals surface area contributed by atoms with Crippen LogP contribution in [0.5, 0.6) is 0 Å². The van der Waals surface area contributed by atoms with Gasteiger partial charge in [0.1, 0.15) is 12.2 Å². The zero-order valence-electron chi connectivity index (χ0n) is 9.38. The van der Waals surface area contributed by atoms with Gasteiger partial charge in [0.05, 0.1) is 6.08 Å². The van der Waals surface area contributed by atoms with Crippen molar-refractivity contribution in [3.63, 3.8) is 0 Å². The summed E-state index contributed by atoms with van der Waals surface area (Å²) in [4.78, 5) is 4.25. The Hall–Kier alpha value is -2.44. The molecule has 0 radical (unpaired) electrons. The number of nitrogens with zero attached hydrogens (tertiary/aromatic N) is 1. The monoisotopic (exact) mass is 221 g/mol. The molecule has 1 aliphatic rings. The van der Waals surface area contributed by atoms with Gasteiger partial charge >= 0.3 is 0 Å². The Bertz CT molecular complexity index is 491. The van der Waals surface area contributed by atoms with Crippen molar-refractivity contribution >= 4 is 11.9 Å². The fraction of sp³-hybridized carbons (Fsp3) is 0. The molecule has 0 atom stereocenters. The van der Waals surface area contributed by atoms with E-state index in [0.717, 1.165) is 11.4 Å². The lowest BCUT2D eigenvalue weighted by atomic mass is 10.2. The maximum Gasteiger partial charge on any atom is 0.176 e. The van der Waals surface area contributed by atoms with Crippen molar-refractivity contribution in [1.82, 2.24) is 0 Å². The van der Waals surface area contributed by atoms with Gasteiger partial charge in [0, 0.05) is 30.3 Å². The highest BCUT2D eigenvalue weighted by atomic mass is 14.8. The van der Waals surface area contributed by atoms with Crippen molar-refractivity contribution in [2.75, 3.05) is 5.32 Å². The molecular weight excluding hydrogens is 208 g/mol. The van der Waals surface area contributed by atoms with Crippen LogP contribution in [0.15, 0.2) is 77.6 Å². The number of allylic oxidation sites excluding steroid dienone is 6. The van der Waals surface area contributed by atoms with E-state index >= 15 is 0 Å². The lowest BCUT2D eigenvalue weighted by Gasteiger charge is -1.96. The molecule has 0 heterocycles. The van der Waals surface area contributed by atoms with E-state index in [1.54, 1.807) is 6.21 Å². The molecular formula is C15H13N2+. The molecule has 17 heavy (non-hydrogen) atoms. The first-order valence-corrected chi connectivity index (χ1v) is 5.42. The number of hydrogen-bond acceptors (Lipinski definition) is 2. The van der Waals surface area contributed by atoms with Gasteiger partial charge in [0.15, 0.2) is 5.70 Å². The summed E-state index contributed by atoms with van der Waals surface area (Å²) in [7, 11) is 0. The van der Waals surface area contributed by atoms with Crippen LogP contribution in [0.2, 0.25) is 0 Å². The van der Waals surface area contributed by atoms with Crippen LogP contribution in [-0.2, 0) is 0 Å². The van der Waals surface area contributed by atoms with Crippen LogP contribution in [0.1, 0.15) is 0 Å². The Kier molecular flexibility index (Phi) is 4.04. The number of benzene rings is 1. The molecule has 0 bridgehead atoms. The van der Waals surface area contributed by atoms with E-state index in [-0.39, 0.29) is 0 Å². The predicted molar refractivity (Wildman–Crippen MR) is 72.7 cm³/mol. The van der Waals surface area contributed by atoms with E-state index in [0.29, 0.717) is 0 Å². The minimum atomic E-state index is 0.900. The first-order valence-electron chi connectivity index (χ1n) is 5.42. The lowest BCUT2D eigenvalue weighted by molar-refractivity contribution is 1.40. The Labute approximate surface area is 101 Å². The molecule has 1 aromatic carbocycles. The third-order valence-electron chi connectivity index (χ3n) is 2.12. The molecule has 0 amide bonds. The van der Waals surface area contributed by atoms with Gasteiger partial charge in [-0.05, 0) is 18.2 Å². The number of rotatable bonds is 4. The van der Waals surface area contributed by atoms with E-state index in [1.165, 1.54) is 0 Å². The third kappa shape index (κ3) is 3.90. The summed E-state index contributed by atoms with van der Waals surface area (Å²) >= 11 is 0. The molecule has 0 aromatic heterocycles. The van der Waals surface area contributed by atoms with Crippen LogP contribution in [-0.4, -0.2) is 6.21 Å². The second-order valence-corrected chi connectivity index (χ2v) is 3.41. The van der Waals surface area contributed by atoms with Crippen molar-refractivity contribution < 1.29 is 0 Å². The van der Waals surface area contributed by atoms with E-state index in [1.807, 2.05) is 66.9 Å². The highest BCUT2D eigenvalue weighted by molar-refractivity contribution is 5.73. The van der Waals surface area contributed by atoms with Gasteiger partial charge in [-0.25, -0.2) is 0 Å². The van der Waals surface area contributed by atoms with Gasteiger partial charge in [0.25, 0.3) is 0 Å². The highest BCUT2D eigenvalue weighted by Crippen LogP contribution is 2.05. The molecule has 82 valence electrons. The molecule has 2 rings (SSSR count). The van der Waals surface area contributed by atoms with Crippen molar-refractivity contribution in [2.24, 2.45) is 4.99 Å². The molecule has 1 N–H and O–H groups in total. The minimum absolute atomic E-state index is 0.900. The van der Waals surface area contributed by atoms with E-state index in [4.69, 9.17) is 0 Å². The Morgan fingerprint density at radius 1 is 1.18 bits per heavy atom. The zero-order valence-corrected chi connectivity index (χ0v) is 9.38. The van der Waals surface area contributed by atoms with Crippen molar-refractivity contribution in [1.29, 1.82) is 0 Å². The molecule has 1 aromatic rings. The van der Waals surface area contributed by atoms with Gasteiger partial charge in [-0.1, -0.05) is 18.2 Å². The summed E-state index contributed by atoms with van der Waals surface area (Å²) in [6.07, 6.45) is 16.0. The molecule has 2 nitrogen and oxygen atoms in total. The molecule has 0 fully saturated rings. The molecule has 0 unspecified atom stereocenters. The van der Waals surface area contributed by atoms with Crippen molar-refractivity contribution in [3.8, 4) is 0 Å². The van der Waals surface area contributed by atoms with Crippen molar-refractivity contribution in [2.45, 2.75) is 0 Å². The number of hydrogen-bond donors (Lipinski definition) is 1. The van der Waals surface area contributed by atoms with Crippen molar-refractivity contribution in [3.05, 3.63) is 78.7 Å². The summed E-state index contributed by atoms with van der Waals surface area (Å²) in [6.45, 7) is 0. The molecule has 0 saturated heterocycles. The second-order valence-electron chi connectivity index (χ2n) is 3.41. The molecule has 1 aliphatic carbocycles. The molecule has 0 saturated carbocycles. The van der Waals surface area contributed by atoms with Gasteiger partial charge in [0.2, 0.25) is 0 Å². The van der Waals surface area contributed by atoms with Crippen LogP contribution in [0.3, 0.4) is 0 Å². The summed E-state index contributed by atoms with van der Waals surface area (Å²) in [5.74, 6) is 0. The standard InChI is InChI=1S/C15H13N2/c1-3-8-14(9-4-1)16-12-7-13-17-15-10-5-2-6-11-15/h1-5,7-13,16H/q+1/b12-7+,17-13?. The van der Waals surface area contributed by atoms with Gasteiger partial charge in [-0.15, -0.1) is 0 Å². The molecule has 0 spiro atoms. The zero-order chi connectivity index (χ0) is 11.8. The van der Waals surface area contributed by atoms with Crippen LogP contribution in [0.4, 0.5) is 5.69 Å². The van der Waals surface area contributed by atoms with Crippen LogP contribution in [0.25, 0.3) is 0 Å². The third-order valence-corrected chi connectivity index (χ3v) is 2.12. The van der Waals surface area contributed by atoms with Crippen LogP contribution < -0.4 is 5.32 Å². The molecule has 0 aliphatic heterocycles. The van der Waals surface area contributed by atoms with Gasteiger partial charge < -0.3 is 5.32 Å². The summed E-state index contributed by atoms with van der Waals surface area (Å²) in [6, 6.07) is 9.98. The SMILES string of the molecule is [C+]1=CC(N=C/C=C/Nc2ccccc2)=CC=C1. The van der Waals surface area contributed by atoms with Crippen LogP contribution >= 0.6 is 0 Å². The average Bonchev–Trinajstić information content (AvgIpc) is 2.41. The number of anilines is 1. The average molecular weight is 221 g/mol. The Morgan fingerprint density at radius 2 is 2.06 bits per heavy atom. The van der Waals surface area contributed by atoms with Gasteiger partial charge in [-0.3, -0.25) is 0 Å². The van der Waals surface area contributed by atoms with E-state index < -0.39 is 0 Å². The summed E-state index contributed by atoms with van der Waals surface area (Å²) < 4.78 is 0. The minimum Gasteiger partial charge on any atom is -0.362 e. The smallest absolute Gasteiger partial charge is 0.176 e. The summed E-state index contributed by atoms with van der Waals surface area (Å²) in [5, 5.41) is 3.15. The first kappa shape index (κ1) is 11.1. The maximum atomic E-state index is 4.25. The fourth-order valence-corrected chi connectivity index (χ4v) is 1.32. The quantitative estimate of drug-likeness (QED) is 0.610. The Morgan fingerprint density at radius 3 is 2.82 bits per heavy atom.